The second-order valence-electron chi connectivity index (χ2n) is 7.30. The lowest BCUT2D eigenvalue weighted by Gasteiger charge is -2.24. The van der Waals surface area contributed by atoms with Crippen molar-refractivity contribution in [1.82, 2.24) is 4.90 Å². The molecule has 0 spiro atoms. The van der Waals surface area contributed by atoms with E-state index in [9.17, 15) is 0 Å². The molecular weight excluding hydrogens is 274 g/mol. The summed E-state index contributed by atoms with van der Waals surface area (Å²) in [6.07, 6.45) is 6.38. The van der Waals surface area contributed by atoms with Gasteiger partial charge in [0.1, 0.15) is 0 Å². The van der Waals surface area contributed by atoms with Crippen molar-refractivity contribution in [2.24, 2.45) is 23.7 Å². The number of rotatable bonds is 3. The minimum Gasteiger partial charge on any atom is -0.294 e. The molecule has 1 aromatic carbocycles. The third-order valence-corrected chi connectivity index (χ3v) is 7.82. The summed E-state index contributed by atoms with van der Waals surface area (Å²) < 4.78 is 0. The second-order valence-corrected chi connectivity index (χ2v) is 10.1. The van der Waals surface area contributed by atoms with E-state index >= 15 is 0 Å². The summed E-state index contributed by atoms with van der Waals surface area (Å²) in [5.41, 5.74) is 1.31. The summed E-state index contributed by atoms with van der Waals surface area (Å²) in [6.45, 7) is 4.67. The summed E-state index contributed by atoms with van der Waals surface area (Å²) in [4.78, 5) is 3.99. The van der Waals surface area contributed by atoms with Gasteiger partial charge in [-0.1, -0.05) is 41.6 Å². The highest BCUT2D eigenvalue weighted by molar-refractivity contribution is 8.27. The Balaban J connectivity index is 1.48. The van der Waals surface area contributed by atoms with Crippen LogP contribution in [-0.2, 0) is 0 Å². The summed E-state index contributed by atoms with van der Waals surface area (Å²) in [7, 11) is -1.20. The SMILES string of the molecule is C=S(=C)(CN1CC2C3C=CC(C3)C2C1)c1ccc(C)cc1. The molecule has 1 saturated heterocycles. The largest absolute Gasteiger partial charge is 0.294 e. The first-order valence-electron chi connectivity index (χ1n) is 7.97. The fourth-order valence-corrected chi connectivity index (χ4v) is 6.37. The van der Waals surface area contributed by atoms with Gasteiger partial charge in [0.25, 0.3) is 0 Å². The highest BCUT2D eigenvalue weighted by atomic mass is 32.2. The normalized spacial score (nSPS) is 34.5. The fourth-order valence-electron chi connectivity index (χ4n) is 4.60. The van der Waals surface area contributed by atoms with Crippen LogP contribution in [0.2, 0.25) is 0 Å². The maximum atomic E-state index is 4.50. The van der Waals surface area contributed by atoms with Gasteiger partial charge in [-0.05, 0) is 54.0 Å². The fraction of sp³-hybridized carbons (Fsp3) is 0.474. The standard InChI is InChI=1S/C19H25NS/c1-14-4-8-17(9-5-14)21(2,3)13-20-11-18-15-6-7-16(10-15)19(18)12-20/h4-9,15-16,18-19H,2-3,10-13H2,1H3. The topological polar surface area (TPSA) is 3.24 Å². The molecule has 3 aliphatic rings. The van der Waals surface area contributed by atoms with Crippen LogP contribution in [0.4, 0.5) is 0 Å². The Kier molecular flexibility index (Phi) is 3.09. The molecule has 2 bridgehead atoms. The van der Waals surface area contributed by atoms with E-state index in [1.807, 2.05) is 0 Å². The number of nitrogens with zero attached hydrogens (tertiary/aromatic N) is 1. The van der Waals surface area contributed by atoms with Gasteiger partial charge in [0, 0.05) is 19.0 Å². The minimum atomic E-state index is -1.20. The van der Waals surface area contributed by atoms with E-state index in [1.54, 1.807) is 0 Å². The average molecular weight is 299 g/mol. The van der Waals surface area contributed by atoms with Crippen molar-refractivity contribution < 1.29 is 0 Å². The average Bonchev–Trinajstić information content (AvgIpc) is 3.10. The lowest BCUT2D eigenvalue weighted by molar-refractivity contribution is 0.346. The predicted octanol–water partition coefficient (Wildman–Crippen LogP) is 3.73. The number of benzene rings is 1. The second kappa shape index (κ2) is 4.76. The van der Waals surface area contributed by atoms with Crippen LogP contribution < -0.4 is 0 Å². The summed E-state index contributed by atoms with van der Waals surface area (Å²) >= 11 is 0. The molecule has 1 nitrogen and oxygen atoms in total. The van der Waals surface area contributed by atoms with Crippen LogP contribution in [-0.4, -0.2) is 35.6 Å². The van der Waals surface area contributed by atoms with Gasteiger partial charge < -0.3 is 0 Å². The van der Waals surface area contributed by atoms with Gasteiger partial charge in [-0.25, -0.2) is 0 Å². The van der Waals surface area contributed by atoms with Crippen LogP contribution in [0.25, 0.3) is 0 Å². The molecule has 0 amide bonds. The quantitative estimate of drug-likeness (QED) is 0.607. The number of allylic oxidation sites excluding steroid dienone is 2. The first kappa shape index (κ1) is 13.7. The van der Waals surface area contributed by atoms with E-state index < -0.39 is 9.21 Å². The summed E-state index contributed by atoms with van der Waals surface area (Å²) in [6, 6.07) is 8.84. The smallest absolute Gasteiger partial charge is 0.0384 e. The molecule has 21 heavy (non-hydrogen) atoms. The van der Waals surface area contributed by atoms with E-state index in [2.05, 4.69) is 60.0 Å². The van der Waals surface area contributed by atoms with Crippen LogP contribution in [0.1, 0.15) is 12.0 Å². The van der Waals surface area contributed by atoms with E-state index in [1.165, 1.54) is 30.0 Å². The molecule has 2 heteroatoms. The summed E-state index contributed by atoms with van der Waals surface area (Å²) in [5.74, 6) is 13.6. The van der Waals surface area contributed by atoms with Gasteiger partial charge in [-0.3, -0.25) is 4.90 Å². The Morgan fingerprint density at radius 3 is 2.19 bits per heavy atom. The number of hydrogen-bond donors (Lipinski definition) is 0. The molecule has 1 saturated carbocycles. The molecule has 1 aromatic rings. The zero-order chi connectivity index (χ0) is 14.6. The van der Waals surface area contributed by atoms with Crippen molar-refractivity contribution in [1.29, 1.82) is 0 Å². The van der Waals surface area contributed by atoms with E-state index in [-0.39, 0.29) is 0 Å². The monoisotopic (exact) mass is 299 g/mol. The Labute approximate surface area is 129 Å². The molecule has 0 aromatic heterocycles. The van der Waals surface area contributed by atoms with Crippen molar-refractivity contribution >= 4 is 20.9 Å². The van der Waals surface area contributed by atoms with Gasteiger partial charge in [0.05, 0.1) is 0 Å². The minimum absolute atomic E-state index is 0.864. The third kappa shape index (κ3) is 2.29. The van der Waals surface area contributed by atoms with E-state index in [0.29, 0.717) is 0 Å². The zero-order valence-corrected chi connectivity index (χ0v) is 13.7. The van der Waals surface area contributed by atoms with Gasteiger partial charge >= 0.3 is 0 Å². The van der Waals surface area contributed by atoms with Crippen molar-refractivity contribution in [3.63, 3.8) is 0 Å². The highest BCUT2D eigenvalue weighted by Gasteiger charge is 2.48. The number of aryl methyl sites for hydroxylation is 1. The molecule has 0 N–H and O–H groups in total. The van der Waals surface area contributed by atoms with Gasteiger partial charge in [0.15, 0.2) is 0 Å². The van der Waals surface area contributed by atoms with E-state index in [0.717, 1.165) is 29.5 Å². The third-order valence-electron chi connectivity index (χ3n) is 5.69. The van der Waals surface area contributed by atoms with Crippen molar-refractivity contribution in [2.45, 2.75) is 18.2 Å². The summed E-state index contributed by atoms with van der Waals surface area (Å²) in [5, 5.41) is 0. The molecule has 112 valence electrons. The molecule has 4 unspecified atom stereocenters. The number of hydrogen-bond acceptors (Lipinski definition) is 1. The maximum absolute atomic E-state index is 4.50. The van der Waals surface area contributed by atoms with Crippen LogP contribution in [0.15, 0.2) is 41.3 Å². The van der Waals surface area contributed by atoms with Crippen molar-refractivity contribution in [2.75, 3.05) is 19.0 Å². The number of likely N-dealkylation sites (tertiary alicyclic amines) is 1. The predicted molar refractivity (Wildman–Crippen MR) is 95.4 cm³/mol. The van der Waals surface area contributed by atoms with Crippen molar-refractivity contribution in [3.8, 4) is 0 Å². The Hall–Kier alpha value is -0.990. The van der Waals surface area contributed by atoms with Gasteiger partial charge in [-0.15, -0.1) is 0 Å². The molecule has 1 aliphatic heterocycles. The zero-order valence-electron chi connectivity index (χ0n) is 12.9. The molecule has 1 heterocycles. The van der Waals surface area contributed by atoms with E-state index in [4.69, 9.17) is 0 Å². The Morgan fingerprint density at radius 1 is 1.05 bits per heavy atom. The van der Waals surface area contributed by atoms with Crippen LogP contribution >= 0.6 is 9.21 Å². The van der Waals surface area contributed by atoms with Gasteiger partial charge in [0.2, 0.25) is 0 Å². The van der Waals surface area contributed by atoms with Crippen molar-refractivity contribution in [3.05, 3.63) is 42.0 Å². The van der Waals surface area contributed by atoms with Gasteiger partial charge in [-0.2, -0.15) is 9.21 Å². The molecule has 2 fully saturated rings. The highest BCUT2D eigenvalue weighted by Crippen LogP contribution is 2.52. The number of fused-ring (bicyclic) bond motifs is 5. The molecule has 4 atom stereocenters. The van der Waals surface area contributed by atoms with Crippen LogP contribution in [0.3, 0.4) is 0 Å². The molecule has 0 radical (unpaired) electrons. The first-order valence-corrected chi connectivity index (χ1v) is 10.1. The Bertz CT molecular complexity index is 648. The lowest BCUT2D eigenvalue weighted by Crippen LogP contribution is -2.24. The molecule has 4 rings (SSSR count). The maximum Gasteiger partial charge on any atom is 0.0384 e. The molecular formula is C19H25NS. The lowest BCUT2D eigenvalue weighted by atomic mass is 9.86. The van der Waals surface area contributed by atoms with Crippen LogP contribution in [0.5, 0.6) is 0 Å². The van der Waals surface area contributed by atoms with Crippen LogP contribution in [0, 0.1) is 30.6 Å². The Morgan fingerprint density at radius 2 is 1.62 bits per heavy atom. The molecule has 2 aliphatic carbocycles. The first-order chi connectivity index (χ1) is 10.0.